The Morgan fingerprint density at radius 3 is 2.61 bits per heavy atom. The highest BCUT2D eigenvalue weighted by Crippen LogP contribution is 2.34. The molecule has 0 N–H and O–H groups in total. The van der Waals surface area contributed by atoms with E-state index in [2.05, 4.69) is 17.1 Å². The number of nitrogens with zero attached hydrogens (tertiary/aromatic N) is 3. The van der Waals surface area contributed by atoms with Gasteiger partial charge >= 0.3 is 0 Å². The van der Waals surface area contributed by atoms with Crippen molar-refractivity contribution >= 4 is 49.8 Å². The highest BCUT2D eigenvalue weighted by Gasteiger charge is 2.27. The molecule has 1 saturated heterocycles. The number of piperidine rings is 1. The normalized spacial score (nSPS) is 15.4. The number of fused-ring (bicyclic) bond motifs is 2. The van der Waals surface area contributed by atoms with Crippen LogP contribution in [0.25, 0.3) is 21.0 Å². The van der Waals surface area contributed by atoms with Crippen molar-refractivity contribution in [1.29, 1.82) is 0 Å². The van der Waals surface area contributed by atoms with Crippen molar-refractivity contribution < 1.29 is 4.79 Å². The van der Waals surface area contributed by atoms with Gasteiger partial charge in [-0.1, -0.05) is 48.0 Å². The molecular weight excluding hydrogens is 390 g/mol. The fourth-order valence-electron chi connectivity index (χ4n) is 3.82. The number of carbonyl (C=O) groups is 1. The molecule has 3 heterocycles. The fraction of sp³-hybridized carbons (Fsp3) is 0.227. The van der Waals surface area contributed by atoms with Crippen molar-refractivity contribution in [2.75, 3.05) is 13.1 Å². The van der Waals surface area contributed by atoms with E-state index in [0.717, 1.165) is 29.1 Å². The number of aromatic nitrogens is 2. The highest BCUT2D eigenvalue weighted by atomic mass is 35.5. The summed E-state index contributed by atoms with van der Waals surface area (Å²) < 4.78 is 1.23. The summed E-state index contributed by atoms with van der Waals surface area (Å²) >= 11 is 8.07. The zero-order chi connectivity index (χ0) is 19.1. The number of carbonyl (C=O) groups excluding carboxylic acids is 1. The van der Waals surface area contributed by atoms with E-state index in [0.29, 0.717) is 29.9 Å². The molecule has 0 bridgehead atoms. The number of halogens is 1. The van der Waals surface area contributed by atoms with Crippen molar-refractivity contribution in [2.45, 2.75) is 18.8 Å². The quantitative estimate of drug-likeness (QED) is 0.411. The van der Waals surface area contributed by atoms with Crippen LogP contribution in [0.1, 0.15) is 34.3 Å². The molecule has 4 nitrogen and oxygen atoms in total. The van der Waals surface area contributed by atoms with Crippen molar-refractivity contribution in [3.8, 4) is 0 Å². The number of amides is 1. The van der Waals surface area contributed by atoms with Gasteiger partial charge in [-0.05, 0) is 36.4 Å². The third-order valence-corrected chi connectivity index (χ3v) is 6.84. The maximum Gasteiger partial charge on any atom is 0.272 e. The smallest absolute Gasteiger partial charge is 0.272 e. The topological polar surface area (TPSA) is 46.1 Å². The van der Waals surface area contributed by atoms with E-state index in [-0.39, 0.29) is 5.91 Å². The van der Waals surface area contributed by atoms with Crippen LogP contribution in [0.2, 0.25) is 5.15 Å². The molecule has 140 valence electrons. The van der Waals surface area contributed by atoms with E-state index < -0.39 is 0 Å². The SMILES string of the molecule is O=C(c1cc2ccccc2c(Cl)n1)N1CCC(c2nc3ccccc3s2)CC1. The first-order valence-corrected chi connectivity index (χ1v) is 10.6. The predicted octanol–water partition coefficient (Wildman–Crippen LogP) is 5.52. The molecule has 0 saturated carbocycles. The molecule has 0 atom stereocenters. The maximum absolute atomic E-state index is 13.0. The molecule has 1 amide bonds. The van der Waals surface area contributed by atoms with Crippen LogP contribution in [0, 0.1) is 0 Å². The van der Waals surface area contributed by atoms with Crippen LogP contribution in [0.15, 0.2) is 54.6 Å². The van der Waals surface area contributed by atoms with Gasteiger partial charge in [-0.2, -0.15) is 0 Å². The monoisotopic (exact) mass is 407 g/mol. The number of hydrogen-bond acceptors (Lipinski definition) is 4. The Labute approximate surface area is 171 Å². The second kappa shape index (κ2) is 7.15. The molecule has 2 aromatic carbocycles. The zero-order valence-electron chi connectivity index (χ0n) is 15.1. The average Bonchev–Trinajstić information content (AvgIpc) is 3.18. The molecule has 5 rings (SSSR count). The lowest BCUT2D eigenvalue weighted by molar-refractivity contribution is 0.0707. The van der Waals surface area contributed by atoms with Gasteiger partial charge in [0.1, 0.15) is 10.8 Å². The molecule has 0 aliphatic carbocycles. The molecule has 1 fully saturated rings. The predicted molar refractivity (Wildman–Crippen MR) is 114 cm³/mol. The number of para-hydroxylation sites is 1. The molecule has 0 spiro atoms. The van der Waals surface area contributed by atoms with E-state index in [9.17, 15) is 4.79 Å². The van der Waals surface area contributed by atoms with Crippen molar-refractivity contribution in [2.24, 2.45) is 0 Å². The van der Waals surface area contributed by atoms with Gasteiger partial charge in [0.25, 0.3) is 5.91 Å². The first-order valence-electron chi connectivity index (χ1n) is 9.39. The second-order valence-electron chi connectivity index (χ2n) is 7.11. The Bertz CT molecular complexity index is 1150. The number of thiazole rings is 1. The van der Waals surface area contributed by atoms with Crippen LogP contribution in [-0.4, -0.2) is 33.9 Å². The summed E-state index contributed by atoms with van der Waals surface area (Å²) in [6.45, 7) is 1.43. The molecular formula is C22H18ClN3OS. The summed E-state index contributed by atoms with van der Waals surface area (Å²) in [5.74, 6) is 0.366. The summed E-state index contributed by atoms with van der Waals surface area (Å²) in [4.78, 5) is 24.0. The molecule has 6 heteroatoms. The van der Waals surface area contributed by atoms with Gasteiger partial charge in [-0.15, -0.1) is 11.3 Å². The fourth-order valence-corrected chi connectivity index (χ4v) is 5.22. The van der Waals surface area contributed by atoms with Crippen molar-refractivity contribution in [3.05, 3.63) is 70.5 Å². The van der Waals surface area contributed by atoms with E-state index in [1.54, 1.807) is 11.3 Å². The van der Waals surface area contributed by atoms with Crippen LogP contribution >= 0.6 is 22.9 Å². The summed E-state index contributed by atoms with van der Waals surface area (Å²) in [6.07, 6.45) is 1.85. The lowest BCUT2D eigenvalue weighted by atomic mass is 9.97. The number of benzene rings is 2. The standard InChI is InChI=1S/C22H18ClN3OS/c23-20-16-6-2-1-5-15(16)13-18(24-20)22(27)26-11-9-14(10-12-26)21-25-17-7-3-4-8-19(17)28-21/h1-8,13-14H,9-12H2. The van der Waals surface area contributed by atoms with E-state index in [4.69, 9.17) is 16.6 Å². The number of likely N-dealkylation sites (tertiary alicyclic amines) is 1. The second-order valence-corrected chi connectivity index (χ2v) is 8.53. The van der Waals surface area contributed by atoms with Crippen LogP contribution in [0.3, 0.4) is 0 Å². The molecule has 4 aromatic rings. The van der Waals surface area contributed by atoms with Gasteiger partial charge in [0.15, 0.2) is 0 Å². The molecule has 2 aromatic heterocycles. The van der Waals surface area contributed by atoms with E-state index in [1.807, 2.05) is 47.4 Å². The Balaban J connectivity index is 1.33. The summed E-state index contributed by atoms with van der Waals surface area (Å²) in [5, 5.41) is 3.37. The van der Waals surface area contributed by atoms with Gasteiger partial charge < -0.3 is 4.90 Å². The molecule has 0 unspecified atom stereocenters. The van der Waals surface area contributed by atoms with Crippen LogP contribution in [0.4, 0.5) is 0 Å². The minimum atomic E-state index is -0.0459. The van der Waals surface area contributed by atoms with Gasteiger partial charge in [0, 0.05) is 24.4 Å². The lowest BCUT2D eigenvalue weighted by Gasteiger charge is -2.31. The Kier molecular flexibility index (Phi) is 4.49. The van der Waals surface area contributed by atoms with Crippen molar-refractivity contribution in [1.82, 2.24) is 14.9 Å². The summed E-state index contributed by atoms with van der Waals surface area (Å²) in [5.41, 5.74) is 1.48. The van der Waals surface area contributed by atoms with Crippen molar-refractivity contribution in [3.63, 3.8) is 0 Å². The van der Waals surface area contributed by atoms with Crippen LogP contribution < -0.4 is 0 Å². The molecule has 1 aliphatic rings. The lowest BCUT2D eigenvalue weighted by Crippen LogP contribution is -2.38. The van der Waals surface area contributed by atoms with Crippen LogP contribution in [-0.2, 0) is 0 Å². The Morgan fingerprint density at radius 2 is 1.79 bits per heavy atom. The van der Waals surface area contributed by atoms with Gasteiger partial charge in [-0.25, -0.2) is 9.97 Å². The van der Waals surface area contributed by atoms with E-state index >= 15 is 0 Å². The third kappa shape index (κ3) is 3.15. The molecule has 28 heavy (non-hydrogen) atoms. The number of rotatable bonds is 2. The highest BCUT2D eigenvalue weighted by molar-refractivity contribution is 7.18. The first-order chi connectivity index (χ1) is 13.7. The number of pyridine rings is 1. The molecule has 0 radical (unpaired) electrons. The minimum Gasteiger partial charge on any atom is -0.337 e. The number of hydrogen-bond donors (Lipinski definition) is 0. The Hall–Kier alpha value is -2.50. The minimum absolute atomic E-state index is 0.0459. The van der Waals surface area contributed by atoms with Gasteiger partial charge in [-0.3, -0.25) is 4.79 Å². The molecule has 1 aliphatic heterocycles. The zero-order valence-corrected chi connectivity index (χ0v) is 16.7. The summed E-state index contributed by atoms with van der Waals surface area (Å²) in [6, 6.07) is 17.8. The van der Waals surface area contributed by atoms with Crippen LogP contribution in [0.5, 0.6) is 0 Å². The largest absolute Gasteiger partial charge is 0.337 e. The van der Waals surface area contributed by atoms with Gasteiger partial charge in [0.05, 0.1) is 15.2 Å². The maximum atomic E-state index is 13.0. The van der Waals surface area contributed by atoms with Gasteiger partial charge in [0.2, 0.25) is 0 Å². The van der Waals surface area contributed by atoms with E-state index in [1.165, 1.54) is 9.71 Å². The summed E-state index contributed by atoms with van der Waals surface area (Å²) in [7, 11) is 0. The Morgan fingerprint density at radius 1 is 1.04 bits per heavy atom. The average molecular weight is 408 g/mol. The first kappa shape index (κ1) is 17.6. The third-order valence-electron chi connectivity index (χ3n) is 5.35.